The maximum Gasteiger partial charge on any atom is 0.323 e. The fourth-order valence-corrected chi connectivity index (χ4v) is 1.97. The number of nitrogens with zero attached hydrogens (tertiary/aromatic N) is 3. The third-order valence-electron chi connectivity index (χ3n) is 2.60. The zero-order chi connectivity index (χ0) is 10.4. The minimum atomic E-state index is -0.459. The van der Waals surface area contributed by atoms with Crippen LogP contribution in [0.3, 0.4) is 0 Å². The summed E-state index contributed by atoms with van der Waals surface area (Å²) in [6.45, 7) is 0. The van der Waals surface area contributed by atoms with E-state index >= 15 is 0 Å². The van der Waals surface area contributed by atoms with E-state index in [-0.39, 0.29) is 0 Å². The Balaban J connectivity index is 2.32. The Morgan fingerprint density at radius 2 is 2.33 bits per heavy atom. The Kier molecular flexibility index (Phi) is 1.45. The van der Waals surface area contributed by atoms with Crippen molar-refractivity contribution in [3.8, 4) is 11.3 Å². The predicted octanol–water partition coefficient (Wildman–Crippen LogP) is 0.776. The number of aromatic nitrogens is 3. The first-order valence-corrected chi connectivity index (χ1v) is 4.57. The number of carbonyl (C=O) groups excluding carboxylic acids is 1. The van der Waals surface area contributed by atoms with Crippen molar-refractivity contribution in [1.82, 2.24) is 14.5 Å². The lowest BCUT2D eigenvalue weighted by molar-refractivity contribution is 0.250. The molecule has 2 bridgehead atoms. The van der Waals surface area contributed by atoms with Crippen molar-refractivity contribution in [1.29, 1.82) is 0 Å². The molecule has 15 heavy (non-hydrogen) atoms. The van der Waals surface area contributed by atoms with E-state index in [1.807, 2.05) is 12.1 Å². The SMILES string of the molecule is NC(=O)n1c2ccc1-c1cncnc1C2. The van der Waals surface area contributed by atoms with Crippen LogP contribution in [0.2, 0.25) is 0 Å². The lowest BCUT2D eigenvalue weighted by Crippen LogP contribution is -2.25. The molecule has 0 unspecified atom stereocenters. The second kappa shape index (κ2) is 2.66. The molecule has 2 aromatic rings. The van der Waals surface area contributed by atoms with Gasteiger partial charge in [-0.15, -0.1) is 0 Å². The normalized spacial score (nSPS) is 12.3. The van der Waals surface area contributed by atoms with Crippen molar-refractivity contribution < 1.29 is 4.79 Å². The molecule has 0 saturated carbocycles. The molecule has 74 valence electrons. The number of amides is 1. The van der Waals surface area contributed by atoms with E-state index in [4.69, 9.17) is 5.73 Å². The van der Waals surface area contributed by atoms with Crippen molar-refractivity contribution in [3.05, 3.63) is 36.0 Å². The zero-order valence-corrected chi connectivity index (χ0v) is 7.84. The van der Waals surface area contributed by atoms with Gasteiger partial charge in [-0.25, -0.2) is 14.8 Å². The molecule has 0 aromatic carbocycles. The van der Waals surface area contributed by atoms with Gasteiger partial charge < -0.3 is 5.73 Å². The van der Waals surface area contributed by atoms with Crippen LogP contribution in [-0.4, -0.2) is 20.6 Å². The van der Waals surface area contributed by atoms with Gasteiger partial charge in [-0.05, 0) is 12.1 Å². The second-order valence-corrected chi connectivity index (χ2v) is 3.44. The van der Waals surface area contributed by atoms with E-state index in [9.17, 15) is 4.79 Å². The van der Waals surface area contributed by atoms with Crippen LogP contribution < -0.4 is 5.73 Å². The largest absolute Gasteiger partial charge is 0.351 e. The summed E-state index contributed by atoms with van der Waals surface area (Å²) in [5, 5.41) is 0. The lowest BCUT2D eigenvalue weighted by atomic mass is 10.1. The average Bonchev–Trinajstić information content (AvgIpc) is 2.55. The Morgan fingerprint density at radius 1 is 1.47 bits per heavy atom. The fourth-order valence-electron chi connectivity index (χ4n) is 1.97. The zero-order valence-electron chi connectivity index (χ0n) is 7.84. The van der Waals surface area contributed by atoms with E-state index in [2.05, 4.69) is 9.97 Å². The summed E-state index contributed by atoms with van der Waals surface area (Å²) < 4.78 is 1.51. The molecule has 5 heteroatoms. The maximum atomic E-state index is 11.3. The van der Waals surface area contributed by atoms with Gasteiger partial charge in [0, 0.05) is 23.9 Å². The molecular formula is C10H8N4O. The number of primary amides is 1. The summed E-state index contributed by atoms with van der Waals surface area (Å²) in [4.78, 5) is 19.4. The van der Waals surface area contributed by atoms with E-state index in [1.165, 1.54) is 10.9 Å². The summed E-state index contributed by atoms with van der Waals surface area (Å²) in [6.07, 6.45) is 3.85. The summed E-state index contributed by atoms with van der Waals surface area (Å²) in [5.74, 6) is 0. The van der Waals surface area contributed by atoms with Crippen LogP contribution in [-0.2, 0) is 6.42 Å². The minimum Gasteiger partial charge on any atom is -0.351 e. The Hall–Kier alpha value is -2.17. The third kappa shape index (κ3) is 0.999. The van der Waals surface area contributed by atoms with Gasteiger partial charge in [0.15, 0.2) is 0 Å². The van der Waals surface area contributed by atoms with Crippen LogP contribution in [0.25, 0.3) is 11.3 Å². The first kappa shape index (κ1) is 8.16. The van der Waals surface area contributed by atoms with Crippen LogP contribution in [0.4, 0.5) is 4.79 Å². The summed E-state index contributed by atoms with van der Waals surface area (Å²) in [7, 11) is 0. The van der Waals surface area contributed by atoms with E-state index < -0.39 is 6.03 Å². The predicted molar refractivity (Wildman–Crippen MR) is 53.2 cm³/mol. The number of fused-ring (bicyclic) bond motifs is 4. The van der Waals surface area contributed by atoms with Gasteiger partial charge in [0.25, 0.3) is 0 Å². The second-order valence-electron chi connectivity index (χ2n) is 3.44. The first-order chi connectivity index (χ1) is 7.27. The molecular weight excluding hydrogens is 192 g/mol. The molecule has 0 atom stereocenters. The lowest BCUT2D eigenvalue weighted by Gasteiger charge is -2.16. The van der Waals surface area contributed by atoms with Gasteiger partial charge >= 0.3 is 6.03 Å². The summed E-state index contributed by atoms with van der Waals surface area (Å²) >= 11 is 0. The van der Waals surface area contributed by atoms with Crippen LogP contribution in [0.15, 0.2) is 24.7 Å². The third-order valence-corrected chi connectivity index (χ3v) is 2.60. The smallest absolute Gasteiger partial charge is 0.323 e. The Morgan fingerprint density at radius 3 is 3.13 bits per heavy atom. The highest BCUT2D eigenvalue weighted by atomic mass is 16.2. The monoisotopic (exact) mass is 200 g/mol. The van der Waals surface area contributed by atoms with Crippen LogP contribution >= 0.6 is 0 Å². The Bertz CT molecular complexity index is 558. The molecule has 0 saturated heterocycles. The van der Waals surface area contributed by atoms with E-state index in [0.29, 0.717) is 6.42 Å². The van der Waals surface area contributed by atoms with Crippen molar-refractivity contribution in [2.45, 2.75) is 6.42 Å². The molecule has 0 spiro atoms. The summed E-state index contributed by atoms with van der Waals surface area (Å²) in [6, 6.07) is 3.30. The number of hydrogen-bond acceptors (Lipinski definition) is 3. The number of hydrogen-bond donors (Lipinski definition) is 1. The van der Waals surface area contributed by atoms with Gasteiger partial charge in [-0.1, -0.05) is 0 Å². The fraction of sp³-hybridized carbons (Fsp3) is 0.100. The highest BCUT2D eigenvalue weighted by Crippen LogP contribution is 2.30. The summed E-state index contributed by atoms with van der Waals surface area (Å²) in [5.41, 5.74) is 8.79. The molecule has 2 aromatic heterocycles. The first-order valence-electron chi connectivity index (χ1n) is 4.57. The van der Waals surface area contributed by atoms with Crippen LogP contribution in [0.5, 0.6) is 0 Å². The van der Waals surface area contributed by atoms with E-state index in [1.54, 1.807) is 6.20 Å². The number of carbonyl (C=O) groups is 1. The standard InChI is InChI=1S/C10H8N4O/c11-10(15)14-6-1-2-9(14)7-4-12-5-13-8(7)3-6/h1-2,4-5H,3H2,(H2,11,15). The topological polar surface area (TPSA) is 73.8 Å². The molecule has 2 N–H and O–H groups in total. The van der Waals surface area contributed by atoms with Crippen molar-refractivity contribution in [2.75, 3.05) is 0 Å². The highest BCUT2D eigenvalue weighted by molar-refractivity contribution is 5.84. The maximum absolute atomic E-state index is 11.3. The Labute approximate surface area is 85.6 Å². The van der Waals surface area contributed by atoms with Gasteiger partial charge in [-0.3, -0.25) is 4.57 Å². The molecule has 0 fully saturated rings. The van der Waals surface area contributed by atoms with Gasteiger partial charge in [-0.2, -0.15) is 0 Å². The molecule has 1 aliphatic heterocycles. The van der Waals surface area contributed by atoms with Gasteiger partial charge in [0.2, 0.25) is 0 Å². The van der Waals surface area contributed by atoms with Crippen molar-refractivity contribution in [2.24, 2.45) is 5.73 Å². The molecule has 0 aliphatic carbocycles. The molecule has 0 radical (unpaired) electrons. The molecule has 3 rings (SSSR count). The van der Waals surface area contributed by atoms with E-state index in [0.717, 1.165) is 22.6 Å². The average molecular weight is 200 g/mol. The highest BCUT2D eigenvalue weighted by Gasteiger charge is 2.23. The van der Waals surface area contributed by atoms with Crippen LogP contribution in [0, 0.1) is 0 Å². The molecule has 3 heterocycles. The quantitative estimate of drug-likeness (QED) is 0.582. The van der Waals surface area contributed by atoms with Crippen molar-refractivity contribution in [3.63, 3.8) is 0 Å². The van der Waals surface area contributed by atoms with Gasteiger partial charge in [0.1, 0.15) is 6.33 Å². The molecule has 1 aliphatic rings. The minimum absolute atomic E-state index is 0.459. The number of rotatable bonds is 0. The number of nitrogens with two attached hydrogens (primary N) is 1. The van der Waals surface area contributed by atoms with Crippen molar-refractivity contribution >= 4 is 6.03 Å². The van der Waals surface area contributed by atoms with Crippen LogP contribution in [0.1, 0.15) is 11.4 Å². The molecule has 5 nitrogen and oxygen atoms in total. The molecule has 1 amide bonds. The van der Waals surface area contributed by atoms with Gasteiger partial charge in [0.05, 0.1) is 11.4 Å².